The molecular formula is C13H17ClN2O2. The van der Waals surface area contributed by atoms with E-state index >= 15 is 0 Å². The molecule has 1 amide bonds. The lowest BCUT2D eigenvalue weighted by molar-refractivity contribution is 0.0717. The van der Waals surface area contributed by atoms with E-state index in [1.807, 2.05) is 0 Å². The molecule has 98 valence electrons. The number of likely N-dealkylation sites (tertiary alicyclic amines) is 1. The molecule has 1 fully saturated rings. The minimum atomic E-state index is -0.0917. The van der Waals surface area contributed by atoms with Crippen LogP contribution in [0, 0.1) is 0 Å². The van der Waals surface area contributed by atoms with Gasteiger partial charge in [0.15, 0.2) is 0 Å². The fraction of sp³-hybridized carbons (Fsp3) is 0.462. The van der Waals surface area contributed by atoms with Gasteiger partial charge in [0.1, 0.15) is 0 Å². The van der Waals surface area contributed by atoms with Gasteiger partial charge in [-0.2, -0.15) is 0 Å². The molecule has 1 atom stereocenters. The van der Waals surface area contributed by atoms with E-state index in [9.17, 15) is 4.79 Å². The highest BCUT2D eigenvalue weighted by Crippen LogP contribution is 2.26. The summed E-state index contributed by atoms with van der Waals surface area (Å²) in [6, 6.07) is 5.03. The van der Waals surface area contributed by atoms with Crippen LogP contribution in [-0.4, -0.2) is 35.1 Å². The van der Waals surface area contributed by atoms with Gasteiger partial charge in [-0.1, -0.05) is 11.6 Å². The number of carbonyl (C=O) groups excluding carboxylic acids is 1. The average molecular weight is 269 g/mol. The summed E-state index contributed by atoms with van der Waals surface area (Å²) >= 11 is 5.90. The van der Waals surface area contributed by atoms with Crippen molar-refractivity contribution >= 4 is 23.2 Å². The molecule has 5 heteroatoms. The molecule has 1 unspecified atom stereocenters. The Kier molecular flexibility index (Phi) is 4.09. The molecule has 1 aromatic rings. The Hall–Kier alpha value is -1.26. The molecular weight excluding hydrogens is 252 g/mol. The van der Waals surface area contributed by atoms with Crippen molar-refractivity contribution in [1.82, 2.24) is 4.90 Å². The molecule has 1 aliphatic rings. The summed E-state index contributed by atoms with van der Waals surface area (Å²) in [5.41, 5.74) is 6.72. The normalized spacial score (nSPS) is 19.2. The molecule has 0 spiro atoms. The summed E-state index contributed by atoms with van der Waals surface area (Å²) in [5.74, 6) is -0.0917. The third-order valence-electron chi connectivity index (χ3n) is 3.35. The topological polar surface area (TPSA) is 66.6 Å². The van der Waals surface area contributed by atoms with Gasteiger partial charge in [0, 0.05) is 29.9 Å². The summed E-state index contributed by atoms with van der Waals surface area (Å²) in [5, 5.41) is 9.52. The molecule has 18 heavy (non-hydrogen) atoms. The van der Waals surface area contributed by atoms with Gasteiger partial charge >= 0.3 is 0 Å². The first-order valence-electron chi connectivity index (χ1n) is 6.10. The highest BCUT2D eigenvalue weighted by Gasteiger charge is 2.29. The number of benzene rings is 1. The summed E-state index contributed by atoms with van der Waals surface area (Å²) in [7, 11) is 0. The van der Waals surface area contributed by atoms with E-state index in [0.717, 1.165) is 19.4 Å². The summed E-state index contributed by atoms with van der Waals surface area (Å²) in [6.07, 6.45) is 2.52. The molecule has 3 N–H and O–H groups in total. The number of hydrogen-bond acceptors (Lipinski definition) is 3. The lowest BCUT2D eigenvalue weighted by atomic mass is 10.1. The first-order chi connectivity index (χ1) is 8.63. The quantitative estimate of drug-likeness (QED) is 0.823. The number of halogens is 1. The predicted octanol–water partition coefficient (Wildman–Crippen LogP) is 1.91. The monoisotopic (exact) mass is 268 g/mol. The molecule has 1 heterocycles. The Morgan fingerprint density at radius 1 is 1.56 bits per heavy atom. The minimum absolute atomic E-state index is 0.0917. The second-order valence-electron chi connectivity index (χ2n) is 4.54. The van der Waals surface area contributed by atoms with Crippen LogP contribution in [0.5, 0.6) is 0 Å². The van der Waals surface area contributed by atoms with Gasteiger partial charge < -0.3 is 15.7 Å². The van der Waals surface area contributed by atoms with E-state index in [1.54, 1.807) is 23.1 Å². The maximum absolute atomic E-state index is 12.4. The minimum Gasteiger partial charge on any atom is -0.398 e. The fourth-order valence-corrected chi connectivity index (χ4v) is 2.59. The molecule has 1 saturated heterocycles. The lowest BCUT2D eigenvalue weighted by Gasteiger charge is -2.24. The molecule has 4 nitrogen and oxygen atoms in total. The highest BCUT2D eigenvalue weighted by molar-refractivity contribution is 6.31. The third kappa shape index (κ3) is 2.60. The van der Waals surface area contributed by atoms with Crippen LogP contribution in [0.4, 0.5) is 5.69 Å². The number of carbonyl (C=O) groups is 1. The molecule has 0 radical (unpaired) electrons. The Morgan fingerprint density at radius 2 is 2.33 bits per heavy atom. The smallest absolute Gasteiger partial charge is 0.256 e. The largest absolute Gasteiger partial charge is 0.398 e. The third-order valence-corrected chi connectivity index (χ3v) is 3.58. The molecule has 0 aliphatic carbocycles. The van der Waals surface area contributed by atoms with Gasteiger partial charge in [-0.15, -0.1) is 0 Å². The molecule has 0 aromatic heterocycles. The average Bonchev–Trinajstić information content (AvgIpc) is 2.80. The van der Waals surface area contributed by atoms with Crippen LogP contribution in [0.2, 0.25) is 5.02 Å². The van der Waals surface area contributed by atoms with Crippen LogP contribution in [0.25, 0.3) is 0 Å². The number of nitrogens with two attached hydrogens (primary N) is 1. The van der Waals surface area contributed by atoms with Crippen LogP contribution in [-0.2, 0) is 0 Å². The van der Waals surface area contributed by atoms with Gasteiger partial charge in [0.25, 0.3) is 5.91 Å². The SMILES string of the molecule is Nc1ccc(Cl)cc1C(=O)N1CCCC1CCO. The van der Waals surface area contributed by atoms with Crippen molar-refractivity contribution < 1.29 is 9.90 Å². The Morgan fingerprint density at radius 3 is 3.06 bits per heavy atom. The zero-order chi connectivity index (χ0) is 13.1. The number of aliphatic hydroxyl groups excluding tert-OH is 1. The Bertz CT molecular complexity index is 451. The Balaban J connectivity index is 2.22. The maximum atomic E-state index is 12.4. The van der Waals surface area contributed by atoms with Gasteiger partial charge in [-0.3, -0.25) is 4.79 Å². The first-order valence-corrected chi connectivity index (χ1v) is 6.48. The summed E-state index contributed by atoms with van der Waals surface area (Å²) < 4.78 is 0. The van der Waals surface area contributed by atoms with Crippen molar-refractivity contribution in [3.63, 3.8) is 0 Å². The van der Waals surface area contributed by atoms with E-state index in [4.69, 9.17) is 22.4 Å². The number of nitrogens with zero attached hydrogens (tertiary/aromatic N) is 1. The van der Waals surface area contributed by atoms with Crippen molar-refractivity contribution in [3.8, 4) is 0 Å². The number of anilines is 1. The number of aliphatic hydroxyl groups is 1. The Labute approximate surface area is 111 Å². The summed E-state index contributed by atoms with van der Waals surface area (Å²) in [4.78, 5) is 14.2. The second kappa shape index (κ2) is 5.59. The highest BCUT2D eigenvalue weighted by atomic mass is 35.5. The number of hydrogen-bond donors (Lipinski definition) is 2. The van der Waals surface area contributed by atoms with Gasteiger partial charge in [-0.05, 0) is 37.5 Å². The number of rotatable bonds is 3. The zero-order valence-electron chi connectivity index (χ0n) is 10.1. The molecule has 0 bridgehead atoms. The molecule has 2 rings (SSSR count). The van der Waals surface area contributed by atoms with E-state index < -0.39 is 0 Å². The molecule has 1 aromatic carbocycles. The van der Waals surface area contributed by atoms with Crippen LogP contribution in [0.1, 0.15) is 29.6 Å². The van der Waals surface area contributed by atoms with Crippen molar-refractivity contribution in [3.05, 3.63) is 28.8 Å². The van der Waals surface area contributed by atoms with Crippen molar-refractivity contribution in [1.29, 1.82) is 0 Å². The van der Waals surface area contributed by atoms with Gasteiger partial charge in [0.2, 0.25) is 0 Å². The van der Waals surface area contributed by atoms with Crippen molar-refractivity contribution in [2.45, 2.75) is 25.3 Å². The van der Waals surface area contributed by atoms with Crippen LogP contribution < -0.4 is 5.73 Å². The van der Waals surface area contributed by atoms with E-state index in [-0.39, 0.29) is 18.6 Å². The van der Waals surface area contributed by atoms with Gasteiger partial charge in [-0.25, -0.2) is 0 Å². The standard InChI is InChI=1S/C13H17ClN2O2/c14-9-3-4-12(15)11(8-9)13(18)16-6-1-2-10(16)5-7-17/h3-4,8,10,17H,1-2,5-7,15H2. The number of nitrogen functional groups attached to an aromatic ring is 1. The van der Waals surface area contributed by atoms with Gasteiger partial charge in [0.05, 0.1) is 5.56 Å². The summed E-state index contributed by atoms with van der Waals surface area (Å²) in [6.45, 7) is 0.814. The lowest BCUT2D eigenvalue weighted by Crippen LogP contribution is -2.36. The van der Waals surface area contributed by atoms with E-state index in [1.165, 1.54) is 0 Å². The zero-order valence-corrected chi connectivity index (χ0v) is 10.9. The van der Waals surface area contributed by atoms with E-state index in [0.29, 0.717) is 22.7 Å². The van der Waals surface area contributed by atoms with E-state index in [2.05, 4.69) is 0 Å². The molecule has 0 saturated carbocycles. The maximum Gasteiger partial charge on any atom is 0.256 e. The fourth-order valence-electron chi connectivity index (χ4n) is 2.42. The molecule has 1 aliphatic heterocycles. The predicted molar refractivity (Wildman–Crippen MR) is 71.6 cm³/mol. The van der Waals surface area contributed by atoms with Crippen molar-refractivity contribution in [2.24, 2.45) is 0 Å². The van der Waals surface area contributed by atoms with Crippen LogP contribution in [0.3, 0.4) is 0 Å². The second-order valence-corrected chi connectivity index (χ2v) is 4.97. The van der Waals surface area contributed by atoms with Crippen LogP contribution >= 0.6 is 11.6 Å². The van der Waals surface area contributed by atoms with Crippen LogP contribution in [0.15, 0.2) is 18.2 Å². The first kappa shape index (κ1) is 13.2. The number of amides is 1. The van der Waals surface area contributed by atoms with Crippen molar-refractivity contribution in [2.75, 3.05) is 18.9 Å².